The molecule has 2 saturated heterocycles. The number of amides is 3. The second-order valence-corrected chi connectivity index (χ2v) is 14.3. The van der Waals surface area contributed by atoms with E-state index in [1.54, 1.807) is 6.92 Å². The SMILES string of the molecule is CO[C@@H]1C(C(=O)NCCOCCOCCNC(=O)[C@@H](Cc2ccc(O)c(O)c2)OC(=O)/C=C/c2ccc(O)c(O)c2)O[C@@H](O[C@@H]2C(NC(C)=O)[C@H](C)OC(CO)[C@H]2O)C(O)[C@H]1O. The minimum Gasteiger partial charge on any atom is -0.504 e. The van der Waals surface area contributed by atoms with Gasteiger partial charge in [0.1, 0.15) is 36.6 Å². The van der Waals surface area contributed by atoms with Crippen LogP contribution >= 0.6 is 0 Å². The molecule has 2 aliphatic heterocycles. The van der Waals surface area contributed by atoms with Gasteiger partial charge in [-0.1, -0.05) is 12.1 Å². The van der Waals surface area contributed by atoms with Crippen molar-refractivity contribution in [2.24, 2.45) is 0 Å². The molecular formula is C40H55N3O19. The number of aliphatic hydroxyl groups is 4. The van der Waals surface area contributed by atoms with Crippen LogP contribution in [0.3, 0.4) is 0 Å². The van der Waals surface area contributed by atoms with Crippen LogP contribution in [-0.2, 0) is 58.8 Å². The van der Waals surface area contributed by atoms with Crippen LogP contribution in [0, 0.1) is 0 Å². The third-order valence-electron chi connectivity index (χ3n) is 9.77. The van der Waals surface area contributed by atoms with Crippen LogP contribution < -0.4 is 16.0 Å². The van der Waals surface area contributed by atoms with Crippen molar-refractivity contribution < 1.29 is 93.2 Å². The number of carbonyl (C=O) groups is 4. The Morgan fingerprint density at radius 1 is 0.806 bits per heavy atom. The molecule has 2 heterocycles. The fourth-order valence-electron chi connectivity index (χ4n) is 6.58. The van der Waals surface area contributed by atoms with E-state index in [1.807, 2.05) is 0 Å². The summed E-state index contributed by atoms with van der Waals surface area (Å²) >= 11 is 0. The maximum Gasteiger partial charge on any atom is 0.331 e. The number of esters is 1. The summed E-state index contributed by atoms with van der Waals surface area (Å²) in [5.41, 5.74) is 0.743. The number of benzene rings is 2. The Morgan fingerprint density at radius 3 is 2.06 bits per heavy atom. The minimum atomic E-state index is -1.75. The third-order valence-corrected chi connectivity index (χ3v) is 9.77. The zero-order valence-corrected chi connectivity index (χ0v) is 34.2. The molecule has 62 heavy (non-hydrogen) atoms. The summed E-state index contributed by atoms with van der Waals surface area (Å²) in [6.07, 6.45) is -11.8. The van der Waals surface area contributed by atoms with Gasteiger partial charge < -0.3 is 90.0 Å². The summed E-state index contributed by atoms with van der Waals surface area (Å²) in [5.74, 6) is -4.37. The molecule has 2 fully saturated rings. The molecule has 0 saturated carbocycles. The van der Waals surface area contributed by atoms with E-state index in [4.69, 9.17) is 33.2 Å². The van der Waals surface area contributed by atoms with Crippen LogP contribution in [-0.4, -0.2) is 185 Å². The van der Waals surface area contributed by atoms with Crippen molar-refractivity contribution in [3.63, 3.8) is 0 Å². The van der Waals surface area contributed by atoms with Crippen molar-refractivity contribution in [2.45, 2.75) is 87.5 Å². The molecule has 2 aromatic rings. The maximum atomic E-state index is 13.2. The van der Waals surface area contributed by atoms with Crippen molar-refractivity contribution in [1.82, 2.24) is 16.0 Å². The number of nitrogens with one attached hydrogen (secondary N) is 3. The van der Waals surface area contributed by atoms with Crippen LogP contribution in [0.15, 0.2) is 42.5 Å². The number of hydrogen-bond donors (Lipinski definition) is 11. The molecule has 4 rings (SSSR count). The molecule has 0 radical (unpaired) electrons. The van der Waals surface area contributed by atoms with E-state index < -0.39 is 109 Å². The van der Waals surface area contributed by atoms with Gasteiger partial charge in [-0.3, -0.25) is 14.4 Å². The first-order chi connectivity index (χ1) is 29.5. The van der Waals surface area contributed by atoms with Crippen LogP contribution in [0.1, 0.15) is 25.0 Å². The lowest BCUT2D eigenvalue weighted by Gasteiger charge is -2.47. The van der Waals surface area contributed by atoms with E-state index >= 15 is 0 Å². The van der Waals surface area contributed by atoms with Crippen molar-refractivity contribution in [3.8, 4) is 23.0 Å². The van der Waals surface area contributed by atoms with Gasteiger partial charge in [-0.05, 0) is 48.4 Å². The van der Waals surface area contributed by atoms with Crippen LogP contribution in [0.25, 0.3) is 6.08 Å². The van der Waals surface area contributed by atoms with Gasteiger partial charge in [-0.25, -0.2) is 4.79 Å². The molecular weight excluding hydrogens is 826 g/mol. The maximum absolute atomic E-state index is 13.2. The fraction of sp³-hybridized carbons (Fsp3) is 0.550. The molecule has 3 amide bonds. The smallest absolute Gasteiger partial charge is 0.331 e. The molecule has 2 aromatic carbocycles. The zero-order chi connectivity index (χ0) is 45.5. The highest BCUT2D eigenvalue weighted by molar-refractivity contribution is 5.90. The van der Waals surface area contributed by atoms with Crippen LogP contribution in [0.5, 0.6) is 23.0 Å². The van der Waals surface area contributed by atoms with Crippen molar-refractivity contribution in [1.29, 1.82) is 0 Å². The highest BCUT2D eigenvalue weighted by atomic mass is 16.7. The number of aromatic hydroxyl groups is 4. The lowest BCUT2D eigenvalue weighted by molar-refractivity contribution is -0.325. The van der Waals surface area contributed by atoms with Crippen molar-refractivity contribution in [2.75, 3.05) is 53.2 Å². The second kappa shape index (κ2) is 23.9. The highest BCUT2D eigenvalue weighted by Crippen LogP contribution is 2.31. The Labute approximate surface area is 355 Å². The molecule has 0 bridgehead atoms. The monoisotopic (exact) mass is 881 g/mol. The second-order valence-electron chi connectivity index (χ2n) is 14.3. The highest BCUT2D eigenvalue weighted by Gasteiger charge is 2.52. The predicted molar refractivity (Wildman–Crippen MR) is 211 cm³/mol. The number of phenols is 4. The van der Waals surface area contributed by atoms with Crippen LogP contribution in [0.2, 0.25) is 0 Å². The van der Waals surface area contributed by atoms with Gasteiger partial charge in [0.2, 0.25) is 5.91 Å². The molecule has 2 aliphatic rings. The first kappa shape index (κ1) is 49.5. The predicted octanol–water partition coefficient (Wildman–Crippen LogP) is -2.57. The van der Waals surface area contributed by atoms with E-state index in [-0.39, 0.29) is 57.4 Å². The molecule has 0 aromatic heterocycles. The molecule has 11 N–H and O–H groups in total. The Balaban J connectivity index is 1.20. The van der Waals surface area contributed by atoms with Gasteiger partial charge in [0.15, 0.2) is 41.5 Å². The fourth-order valence-corrected chi connectivity index (χ4v) is 6.58. The topological polar surface area (TPSA) is 331 Å². The van der Waals surface area contributed by atoms with Gasteiger partial charge >= 0.3 is 5.97 Å². The number of methoxy groups -OCH3 is 1. The molecule has 0 spiro atoms. The molecule has 344 valence electrons. The van der Waals surface area contributed by atoms with Crippen molar-refractivity contribution in [3.05, 3.63) is 53.6 Å². The molecule has 0 aliphatic carbocycles. The van der Waals surface area contributed by atoms with Gasteiger partial charge in [-0.15, -0.1) is 0 Å². The number of phenolic OH excluding ortho intramolecular Hbond substituents is 4. The van der Waals surface area contributed by atoms with Crippen LogP contribution in [0.4, 0.5) is 0 Å². The van der Waals surface area contributed by atoms with E-state index in [0.29, 0.717) is 11.1 Å². The van der Waals surface area contributed by atoms with E-state index in [0.717, 1.165) is 6.08 Å². The summed E-state index contributed by atoms with van der Waals surface area (Å²) in [4.78, 5) is 50.8. The number of aliphatic hydroxyl groups excluding tert-OH is 4. The molecule has 22 heteroatoms. The summed E-state index contributed by atoms with van der Waals surface area (Å²) in [6.45, 7) is 2.41. The largest absolute Gasteiger partial charge is 0.504 e. The van der Waals surface area contributed by atoms with Gasteiger partial charge in [0.25, 0.3) is 11.8 Å². The van der Waals surface area contributed by atoms with Crippen molar-refractivity contribution >= 4 is 29.8 Å². The Kier molecular flexibility index (Phi) is 19.1. The number of carbonyl (C=O) groups excluding carboxylic acids is 4. The summed E-state index contributed by atoms with van der Waals surface area (Å²) in [6, 6.07) is 6.80. The average molecular weight is 882 g/mol. The summed E-state index contributed by atoms with van der Waals surface area (Å²) < 4.78 is 38.8. The normalized spacial score (nSPS) is 26.7. The quantitative estimate of drug-likeness (QED) is 0.0266. The molecule has 22 nitrogen and oxygen atoms in total. The summed E-state index contributed by atoms with van der Waals surface area (Å²) in [5, 5.41) is 88.7. The number of rotatable bonds is 21. The summed E-state index contributed by atoms with van der Waals surface area (Å²) in [7, 11) is 1.20. The Bertz CT molecular complexity index is 1830. The van der Waals surface area contributed by atoms with Gasteiger partial charge in [0.05, 0.1) is 45.2 Å². The zero-order valence-electron chi connectivity index (χ0n) is 34.2. The number of ether oxygens (including phenoxy) is 7. The Morgan fingerprint density at radius 2 is 1.45 bits per heavy atom. The molecule has 4 unspecified atom stereocenters. The molecule has 11 atom stereocenters. The van der Waals surface area contributed by atoms with E-state index in [2.05, 4.69) is 16.0 Å². The lowest BCUT2D eigenvalue weighted by Crippen LogP contribution is -2.68. The standard InChI is InChI=1S/C40H55N3O19/c1-20-31(43-21(2)45)35(32(51)29(19-44)59-20)61-40-34(53)33(52)36(56-3)37(62-40)39(55)42-11-13-58-15-14-57-12-10-41-38(54)28(18-23-5-8-25(47)27(49)17-23)60-30(50)9-6-22-4-7-24(46)26(48)16-22/h4-9,16-17,20,28-29,31-37,40,44,46-49,51-53H,10-15,18-19H2,1-3H3,(H,41,54)(H,42,55)(H,43,45)/b9-6+/t20-,28+,29?,31?,32+,33+,34?,35+,36-,37?,40+/m0/s1. The third kappa shape index (κ3) is 13.9. The number of hydrogen-bond acceptors (Lipinski definition) is 19. The minimum absolute atomic E-state index is 0.00211. The lowest BCUT2D eigenvalue weighted by atomic mass is 9.92. The van der Waals surface area contributed by atoms with E-state index in [1.165, 1.54) is 56.5 Å². The first-order valence-corrected chi connectivity index (χ1v) is 19.6. The average Bonchev–Trinajstić information content (AvgIpc) is 3.23. The van der Waals surface area contributed by atoms with E-state index in [9.17, 15) is 60.0 Å². The Hall–Kier alpha value is -5.14. The van der Waals surface area contributed by atoms with Gasteiger partial charge in [-0.2, -0.15) is 0 Å². The van der Waals surface area contributed by atoms with Gasteiger partial charge in [0, 0.05) is 39.6 Å². The first-order valence-electron chi connectivity index (χ1n) is 19.6.